The van der Waals surface area contributed by atoms with Crippen LogP contribution < -0.4 is 5.32 Å². The van der Waals surface area contributed by atoms with Crippen LogP contribution in [0.5, 0.6) is 0 Å². The number of hydrogen-bond acceptors (Lipinski definition) is 3. The van der Waals surface area contributed by atoms with Crippen LogP contribution in [0.2, 0.25) is 0 Å². The van der Waals surface area contributed by atoms with Crippen molar-refractivity contribution in [3.8, 4) is 0 Å². The van der Waals surface area contributed by atoms with Crippen molar-refractivity contribution in [3.05, 3.63) is 29.8 Å². The molecule has 0 bridgehead atoms. The number of carbonyl (C=O) groups excluding carboxylic acids is 2. The molecular weight excluding hydrogens is 451 g/mol. The standard InChI is InChI=1S/C15H8F11NO3/c1-30-8(28)6-4-2-3-5-7(6)27-9(29)10(16)11(17,18)13(21,22)15(25,26)14(23,24)12(10,19)20/h2-5H,1H3,(H,27,29). The highest BCUT2D eigenvalue weighted by Gasteiger charge is 3.02. The molecule has 0 unspecified atom stereocenters. The molecule has 15 heteroatoms. The Hall–Kier alpha value is -2.61. The van der Waals surface area contributed by atoms with Crippen LogP contribution in [0.3, 0.4) is 0 Å². The van der Waals surface area contributed by atoms with E-state index in [1.807, 2.05) is 0 Å². The number of nitrogens with one attached hydrogen (secondary N) is 1. The molecule has 0 heterocycles. The van der Waals surface area contributed by atoms with E-state index in [1.165, 1.54) is 0 Å². The zero-order valence-electron chi connectivity index (χ0n) is 14.2. The number of benzene rings is 1. The monoisotopic (exact) mass is 459 g/mol. The Balaban J connectivity index is 2.70. The summed E-state index contributed by atoms with van der Waals surface area (Å²) in [5.74, 6) is -41.8. The van der Waals surface area contributed by atoms with Crippen molar-refractivity contribution in [2.75, 3.05) is 12.4 Å². The average Bonchev–Trinajstić information content (AvgIpc) is 2.65. The fraction of sp³-hybridized carbons (Fsp3) is 0.467. The number of anilines is 1. The van der Waals surface area contributed by atoms with Gasteiger partial charge in [0, 0.05) is 0 Å². The summed E-state index contributed by atoms with van der Waals surface area (Å²) in [6.07, 6.45) is 0. The Morgan fingerprint density at radius 1 is 0.733 bits per heavy atom. The average molecular weight is 459 g/mol. The molecule has 1 fully saturated rings. The molecule has 0 aromatic heterocycles. The van der Waals surface area contributed by atoms with E-state index in [9.17, 15) is 57.9 Å². The van der Waals surface area contributed by atoms with Crippen molar-refractivity contribution < 1.29 is 62.6 Å². The number of amides is 1. The van der Waals surface area contributed by atoms with Gasteiger partial charge in [-0.25, -0.2) is 9.18 Å². The smallest absolute Gasteiger partial charge is 0.384 e. The highest BCUT2D eigenvalue weighted by atomic mass is 19.4. The van der Waals surface area contributed by atoms with Crippen molar-refractivity contribution in [2.45, 2.75) is 35.3 Å². The van der Waals surface area contributed by atoms with E-state index >= 15 is 0 Å². The zero-order chi connectivity index (χ0) is 23.6. The molecule has 30 heavy (non-hydrogen) atoms. The molecule has 1 aromatic carbocycles. The van der Waals surface area contributed by atoms with Crippen molar-refractivity contribution in [1.29, 1.82) is 0 Å². The van der Waals surface area contributed by atoms with Gasteiger partial charge in [0.05, 0.1) is 18.4 Å². The lowest BCUT2D eigenvalue weighted by Gasteiger charge is -2.51. The minimum absolute atomic E-state index is 0.581. The quantitative estimate of drug-likeness (QED) is 0.542. The number of esters is 1. The fourth-order valence-electron chi connectivity index (χ4n) is 2.60. The predicted octanol–water partition coefficient (Wildman–Crippen LogP) is 4.31. The Morgan fingerprint density at radius 2 is 1.13 bits per heavy atom. The Bertz CT molecular complexity index is 854. The third-order valence-corrected chi connectivity index (χ3v) is 4.34. The summed E-state index contributed by atoms with van der Waals surface area (Å²) in [5, 5.41) is 0.864. The van der Waals surface area contributed by atoms with Gasteiger partial charge in [-0.3, -0.25) is 4.79 Å². The molecule has 1 saturated carbocycles. The summed E-state index contributed by atoms with van der Waals surface area (Å²) < 4.78 is 154. The SMILES string of the molecule is COC(=O)c1ccccc1NC(=O)C1(F)C(F)(F)C(F)(F)C(F)(F)C(F)(F)C1(F)F. The molecule has 4 nitrogen and oxygen atoms in total. The first-order valence-electron chi connectivity index (χ1n) is 7.43. The van der Waals surface area contributed by atoms with Crippen LogP contribution in [-0.2, 0) is 9.53 Å². The number of carbonyl (C=O) groups is 2. The maximum absolute atomic E-state index is 14.6. The second kappa shape index (κ2) is 6.44. The second-order valence-electron chi connectivity index (χ2n) is 6.02. The van der Waals surface area contributed by atoms with Gasteiger partial charge in [-0.1, -0.05) is 12.1 Å². The molecule has 168 valence electrons. The zero-order valence-corrected chi connectivity index (χ0v) is 14.2. The van der Waals surface area contributed by atoms with E-state index in [-0.39, 0.29) is 0 Å². The molecule has 0 atom stereocenters. The summed E-state index contributed by atoms with van der Waals surface area (Å²) >= 11 is 0. The lowest BCUT2D eigenvalue weighted by Crippen LogP contribution is -2.86. The van der Waals surface area contributed by atoms with Gasteiger partial charge in [-0.05, 0) is 12.1 Å². The molecule has 1 aliphatic rings. The van der Waals surface area contributed by atoms with E-state index in [0.717, 1.165) is 30.6 Å². The minimum atomic E-state index is -7.44. The molecule has 0 radical (unpaired) electrons. The van der Waals surface area contributed by atoms with Gasteiger partial charge in [0.15, 0.2) is 0 Å². The molecule has 2 rings (SSSR count). The van der Waals surface area contributed by atoms with Crippen LogP contribution in [0.15, 0.2) is 24.3 Å². The molecule has 0 spiro atoms. The molecule has 1 aromatic rings. The number of ether oxygens (including phenoxy) is 1. The van der Waals surface area contributed by atoms with E-state index in [0.29, 0.717) is 6.07 Å². The molecule has 1 amide bonds. The predicted molar refractivity (Wildman–Crippen MR) is 75.0 cm³/mol. The van der Waals surface area contributed by atoms with Crippen LogP contribution in [0.4, 0.5) is 54.0 Å². The normalized spacial score (nSPS) is 24.5. The van der Waals surface area contributed by atoms with Crippen LogP contribution >= 0.6 is 0 Å². The van der Waals surface area contributed by atoms with Crippen LogP contribution in [0.25, 0.3) is 0 Å². The van der Waals surface area contributed by atoms with E-state index in [1.54, 1.807) is 0 Å². The molecular formula is C15H8F11NO3. The fourth-order valence-corrected chi connectivity index (χ4v) is 2.60. The first kappa shape index (κ1) is 23.7. The van der Waals surface area contributed by atoms with Gasteiger partial charge < -0.3 is 10.1 Å². The van der Waals surface area contributed by atoms with Crippen molar-refractivity contribution in [1.82, 2.24) is 0 Å². The molecule has 1 N–H and O–H groups in total. The maximum atomic E-state index is 14.6. The third kappa shape index (κ3) is 2.46. The second-order valence-corrected chi connectivity index (χ2v) is 6.02. The largest absolute Gasteiger partial charge is 0.465 e. The summed E-state index contributed by atoms with van der Waals surface area (Å²) in [5.41, 5.74) is -8.78. The number of halogens is 11. The van der Waals surface area contributed by atoms with Crippen molar-refractivity contribution >= 4 is 17.6 Å². The number of hydrogen-bond donors (Lipinski definition) is 1. The summed E-state index contributed by atoms with van der Waals surface area (Å²) in [7, 11) is 0.754. The molecule has 0 saturated heterocycles. The highest BCUT2D eigenvalue weighted by molar-refractivity contribution is 6.05. The lowest BCUT2D eigenvalue weighted by atomic mass is 9.71. The van der Waals surface area contributed by atoms with Gasteiger partial charge >= 0.3 is 41.3 Å². The number of methoxy groups -OCH3 is 1. The van der Waals surface area contributed by atoms with E-state index in [4.69, 9.17) is 0 Å². The molecule has 1 aliphatic carbocycles. The van der Waals surface area contributed by atoms with Crippen LogP contribution in [-0.4, -0.2) is 54.3 Å². The van der Waals surface area contributed by atoms with Crippen molar-refractivity contribution in [3.63, 3.8) is 0 Å². The third-order valence-electron chi connectivity index (χ3n) is 4.34. The first-order chi connectivity index (χ1) is 13.4. The summed E-state index contributed by atoms with van der Waals surface area (Å²) in [4.78, 5) is 23.4. The summed E-state index contributed by atoms with van der Waals surface area (Å²) in [6, 6.07) is 3.29. The number of alkyl halides is 11. The van der Waals surface area contributed by atoms with Gasteiger partial charge in [0.2, 0.25) is 0 Å². The van der Waals surface area contributed by atoms with Gasteiger partial charge in [0.25, 0.3) is 5.91 Å². The van der Waals surface area contributed by atoms with E-state index in [2.05, 4.69) is 4.74 Å². The lowest BCUT2D eigenvalue weighted by molar-refractivity contribution is -0.475. The van der Waals surface area contributed by atoms with Gasteiger partial charge in [0.1, 0.15) is 0 Å². The van der Waals surface area contributed by atoms with Gasteiger partial charge in [-0.2, -0.15) is 43.9 Å². The maximum Gasteiger partial charge on any atom is 0.384 e. The Kier molecular flexibility index (Phi) is 5.08. The topological polar surface area (TPSA) is 55.4 Å². The number of rotatable bonds is 3. The Labute approximate surface area is 159 Å². The molecule has 0 aliphatic heterocycles. The van der Waals surface area contributed by atoms with Crippen molar-refractivity contribution in [2.24, 2.45) is 0 Å². The first-order valence-corrected chi connectivity index (χ1v) is 7.43. The Morgan fingerprint density at radius 3 is 1.57 bits per heavy atom. The minimum Gasteiger partial charge on any atom is -0.465 e. The highest BCUT2D eigenvalue weighted by Crippen LogP contribution is 2.69. The van der Waals surface area contributed by atoms with Crippen LogP contribution in [0.1, 0.15) is 10.4 Å². The van der Waals surface area contributed by atoms with Crippen LogP contribution in [0, 0.1) is 0 Å². The number of para-hydroxylation sites is 1. The van der Waals surface area contributed by atoms with Gasteiger partial charge in [-0.15, -0.1) is 0 Å². The van der Waals surface area contributed by atoms with E-state index < -0.39 is 58.4 Å². The summed E-state index contributed by atoms with van der Waals surface area (Å²) in [6.45, 7) is 0.